The Morgan fingerprint density at radius 2 is 1.76 bits per heavy atom. The minimum absolute atomic E-state index is 0.0163. The van der Waals surface area contributed by atoms with Crippen molar-refractivity contribution in [3.05, 3.63) is 77.5 Å². The summed E-state index contributed by atoms with van der Waals surface area (Å²) < 4.78 is 1.76. The van der Waals surface area contributed by atoms with Crippen LogP contribution >= 0.6 is 0 Å². The third kappa shape index (κ3) is 6.54. The van der Waals surface area contributed by atoms with Gasteiger partial charge in [-0.1, -0.05) is 70.2 Å². The second-order valence-electron chi connectivity index (χ2n) is 9.45. The lowest BCUT2D eigenvalue weighted by Crippen LogP contribution is -2.37. The molecule has 174 valence electrons. The van der Waals surface area contributed by atoms with Crippen LogP contribution in [-0.2, 0) is 21.5 Å². The number of aromatic nitrogens is 2. The van der Waals surface area contributed by atoms with E-state index >= 15 is 0 Å². The van der Waals surface area contributed by atoms with E-state index in [4.69, 9.17) is 5.10 Å². The fourth-order valence-electron chi connectivity index (χ4n) is 3.56. The summed E-state index contributed by atoms with van der Waals surface area (Å²) in [5, 5.41) is 7.78. The van der Waals surface area contributed by atoms with Gasteiger partial charge in [-0.2, -0.15) is 5.10 Å². The van der Waals surface area contributed by atoms with Gasteiger partial charge in [0.25, 0.3) is 0 Å². The summed E-state index contributed by atoms with van der Waals surface area (Å²) >= 11 is 0. The van der Waals surface area contributed by atoms with Gasteiger partial charge in [0, 0.05) is 24.4 Å². The van der Waals surface area contributed by atoms with Crippen LogP contribution in [0.5, 0.6) is 0 Å². The van der Waals surface area contributed by atoms with Crippen LogP contribution in [0.15, 0.2) is 60.7 Å². The summed E-state index contributed by atoms with van der Waals surface area (Å²) in [6.07, 6.45) is 1.15. The fraction of sp³-hybridized carbons (Fsp3) is 0.370. The number of rotatable bonds is 8. The summed E-state index contributed by atoms with van der Waals surface area (Å²) in [6, 6.07) is 19.6. The maximum atomic E-state index is 13.1. The van der Waals surface area contributed by atoms with E-state index in [2.05, 4.69) is 26.1 Å². The third-order valence-corrected chi connectivity index (χ3v) is 5.36. The van der Waals surface area contributed by atoms with E-state index in [9.17, 15) is 9.59 Å². The van der Waals surface area contributed by atoms with Crippen molar-refractivity contribution in [2.24, 2.45) is 0 Å². The lowest BCUT2D eigenvalue weighted by atomic mass is 9.92. The number of aryl methyl sites for hydroxylation is 1. The summed E-state index contributed by atoms with van der Waals surface area (Å²) in [5.74, 6) is 0.321. The van der Waals surface area contributed by atoms with Crippen LogP contribution in [0.3, 0.4) is 0 Å². The Hall–Kier alpha value is -3.41. The number of hydrogen-bond acceptors (Lipinski definition) is 3. The molecular formula is C27H34N4O2. The number of nitrogens with zero attached hydrogens (tertiary/aromatic N) is 3. The van der Waals surface area contributed by atoms with Crippen LogP contribution in [-0.4, -0.2) is 33.0 Å². The standard InChI is InChI=1S/C27H34N4O2/c1-6-11-26(33)30(18-21-13-8-7-9-14-21)19-25(32)28-24-17-23(27(3,4)5)29-31(24)22-15-10-12-20(2)16-22/h7-10,12-17H,6,11,18-19H2,1-5H3,(H,28,32). The van der Waals surface area contributed by atoms with Crippen molar-refractivity contribution in [3.63, 3.8) is 0 Å². The molecular weight excluding hydrogens is 412 g/mol. The van der Waals surface area contributed by atoms with E-state index in [0.29, 0.717) is 18.8 Å². The van der Waals surface area contributed by atoms with Gasteiger partial charge in [-0.05, 0) is 36.6 Å². The topological polar surface area (TPSA) is 67.2 Å². The molecule has 0 saturated heterocycles. The molecule has 0 spiro atoms. The average Bonchev–Trinajstić information content (AvgIpc) is 3.18. The Morgan fingerprint density at radius 1 is 1.03 bits per heavy atom. The molecule has 3 aromatic rings. The molecule has 0 aliphatic heterocycles. The molecule has 0 fully saturated rings. The first-order valence-corrected chi connectivity index (χ1v) is 11.5. The Labute approximate surface area is 196 Å². The van der Waals surface area contributed by atoms with Crippen LogP contribution in [0.1, 0.15) is 57.4 Å². The number of anilines is 1. The predicted molar refractivity (Wildman–Crippen MR) is 132 cm³/mol. The van der Waals surface area contributed by atoms with Crippen molar-refractivity contribution >= 4 is 17.6 Å². The first-order valence-electron chi connectivity index (χ1n) is 11.5. The molecule has 1 N–H and O–H groups in total. The van der Waals surface area contributed by atoms with Gasteiger partial charge in [0.1, 0.15) is 12.4 Å². The molecule has 0 atom stereocenters. The van der Waals surface area contributed by atoms with Crippen LogP contribution in [0.2, 0.25) is 0 Å². The quantitative estimate of drug-likeness (QED) is 0.514. The highest BCUT2D eigenvalue weighted by Gasteiger charge is 2.23. The van der Waals surface area contributed by atoms with Crippen LogP contribution in [0.4, 0.5) is 5.82 Å². The molecule has 0 aliphatic carbocycles. The Balaban J connectivity index is 1.85. The number of hydrogen-bond donors (Lipinski definition) is 1. The van der Waals surface area contributed by atoms with Crippen molar-refractivity contribution in [2.75, 3.05) is 11.9 Å². The zero-order valence-corrected chi connectivity index (χ0v) is 20.3. The third-order valence-electron chi connectivity index (χ3n) is 5.36. The van der Waals surface area contributed by atoms with Crippen molar-refractivity contribution in [2.45, 2.75) is 59.4 Å². The van der Waals surface area contributed by atoms with E-state index in [1.54, 1.807) is 9.58 Å². The summed E-state index contributed by atoms with van der Waals surface area (Å²) in [4.78, 5) is 27.4. The first kappa shape index (κ1) is 24.2. The van der Waals surface area contributed by atoms with Crippen LogP contribution < -0.4 is 5.32 Å². The summed E-state index contributed by atoms with van der Waals surface area (Å²) in [6.45, 7) is 10.6. The highest BCUT2D eigenvalue weighted by atomic mass is 16.2. The molecule has 0 radical (unpaired) electrons. The van der Waals surface area contributed by atoms with Crippen LogP contribution in [0, 0.1) is 6.92 Å². The smallest absolute Gasteiger partial charge is 0.245 e. The van der Waals surface area contributed by atoms with E-state index in [1.165, 1.54) is 0 Å². The second kappa shape index (κ2) is 10.5. The number of nitrogens with one attached hydrogen (secondary N) is 1. The molecule has 2 aromatic carbocycles. The summed E-state index contributed by atoms with van der Waals surface area (Å²) in [7, 11) is 0. The number of benzene rings is 2. The maximum Gasteiger partial charge on any atom is 0.245 e. The van der Waals surface area contributed by atoms with Crippen molar-refractivity contribution in [1.29, 1.82) is 0 Å². The van der Waals surface area contributed by atoms with E-state index < -0.39 is 0 Å². The Morgan fingerprint density at radius 3 is 2.39 bits per heavy atom. The largest absolute Gasteiger partial charge is 0.329 e. The highest BCUT2D eigenvalue weighted by Crippen LogP contribution is 2.26. The lowest BCUT2D eigenvalue weighted by molar-refractivity contribution is -0.135. The maximum absolute atomic E-state index is 13.1. The van der Waals surface area contributed by atoms with Gasteiger partial charge in [-0.3, -0.25) is 9.59 Å². The van der Waals surface area contributed by atoms with Crippen molar-refractivity contribution in [3.8, 4) is 5.69 Å². The van der Waals surface area contributed by atoms with Gasteiger partial charge in [-0.25, -0.2) is 4.68 Å². The predicted octanol–water partition coefficient (Wildman–Crippen LogP) is 5.25. The SMILES string of the molecule is CCCC(=O)N(CC(=O)Nc1cc(C(C)(C)C)nn1-c1cccc(C)c1)Cc1ccccc1. The zero-order chi connectivity index (χ0) is 24.0. The molecule has 6 nitrogen and oxygen atoms in total. The molecule has 3 rings (SSSR count). The summed E-state index contributed by atoms with van der Waals surface area (Å²) in [5.41, 5.74) is 3.68. The molecule has 0 aliphatic rings. The van der Waals surface area contributed by atoms with Gasteiger partial charge in [0.15, 0.2) is 0 Å². The lowest BCUT2D eigenvalue weighted by Gasteiger charge is -2.22. The molecule has 33 heavy (non-hydrogen) atoms. The molecule has 0 saturated carbocycles. The van der Waals surface area contributed by atoms with Crippen molar-refractivity contribution < 1.29 is 9.59 Å². The van der Waals surface area contributed by atoms with E-state index in [0.717, 1.165) is 28.9 Å². The molecule has 0 bridgehead atoms. The molecule has 6 heteroatoms. The Bertz CT molecular complexity index is 1100. The zero-order valence-electron chi connectivity index (χ0n) is 20.3. The van der Waals surface area contributed by atoms with Gasteiger partial charge >= 0.3 is 0 Å². The average molecular weight is 447 g/mol. The number of carbonyl (C=O) groups excluding carboxylic acids is 2. The van der Waals surface area contributed by atoms with Crippen LogP contribution in [0.25, 0.3) is 5.69 Å². The van der Waals surface area contributed by atoms with Crippen molar-refractivity contribution in [1.82, 2.24) is 14.7 Å². The van der Waals surface area contributed by atoms with Gasteiger partial charge < -0.3 is 10.2 Å². The minimum atomic E-state index is -0.246. The minimum Gasteiger partial charge on any atom is -0.329 e. The number of amides is 2. The van der Waals surface area contributed by atoms with E-state index in [-0.39, 0.29) is 23.8 Å². The second-order valence-corrected chi connectivity index (χ2v) is 9.45. The number of carbonyl (C=O) groups is 2. The van der Waals surface area contributed by atoms with Gasteiger partial charge in [0.05, 0.1) is 11.4 Å². The van der Waals surface area contributed by atoms with Gasteiger partial charge in [0.2, 0.25) is 11.8 Å². The Kier molecular flexibility index (Phi) is 7.69. The molecule has 1 aromatic heterocycles. The highest BCUT2D eigenvalue weighted by molar-refractivity contribution is 5.94. The molecule has 0 unspecified atom stereocenters. The molecule has 1 heterocycles. The first-order chi connectivity index (χ1) is 15.7. The van der Waals surface area contributed by atoms with Gasteiger partial charge in [-0.15, -0.1) is 0 Å². The fourth-order valence-corrected chi connectivity index (χ4v) is 3.56. The normalized spacial score (nSPS) is 11.3. The monoisotopic (exact) mass is 446 g/mol. The van der Waals surface area contributed by atoms with E-state index in [1.807, 2.05) is 74.5 Å². The molecule has 2 amide bonds.